The Labute approximate surface area is 409 Å². The SMILES string of the molecule is [2H]C([2H])([2H])c1cc(-n2c3[c-]c(Oc4[c-]c(-n5[c](=[Pt])n(C([2H])([2H])[2H])c6ccccc65)ccc4)ccc3c3cc4c(cc32)C2(c3ccccc3-c3ccccc32)c2ccccc2-4)ncc1-c1ccc(C(C)(C)C)cc1. The molecule has 0 saturated heterocycles. The predicted molar refractivity (Wildman–Crippen MR) is 267 cm³/mol. The molecule has 0 unspecified atom stereocenters. The second kappa shape index (κ2) is 14.6. The number of hydrogen-bond donors (Lipinski definition) is 0. The molecule has 326 valence electrons. The predicted octanol–water partition coefficient (Wildman–Crippen LogP) is 14.5. The molecule has 6 heteroatoms. The molecule has 0 aliphatic heterocycles. The van der Waals surface area contributed by atoms with Crippen LogP contribution in [0.15, 0.2) is 176 Å². The third kappa shape index (κ3) is 5.77. The van der Waals surface area contributed by atoms with E-state index in [1.807, 2.05) is 69.8 Å². The molecule has 11 aromatic rings. The van der Waals surface area contributed by atoms with Gasteiger partial charge in [0, 0.05) is 15.9 Å². The van der Waals surface area contributed by atoms with E-state index >= 15 is 0 Å². The average molecular weight is 1050 g/mol. The maximum atomic E-state index is 8.94. The third-order valence-corrected chi connectivity index (χ3v) is 14.9. The van der Waals surface area contributed by atoms with Gasteiger partial charge in [0.25, 0.3) is 0 Å². The van der Waals surface area contributed by atoms with Crippen LogP contribution in [0.1, 0.15) is 62.4 Å². The van der Waals surface area contributed by atoms with Crippen molar-refractivity contribution in [2.45, 2.75) is 38.5 Å². The average Bonchev–Trinajstić information content (AvgIpc) is 4.06. The Hall–Kier alpha value is -7.33. The number of rotatable bonds is 5. The molecule has 0 fully saturated rings. The molecule has 5 nitrogen and oxygen atoms in total. The number of fused-ring (bicyclic) bond motifs is 14. The van der Waals surface area contributed by atoms with Crippen LogP contribution in [0.3, 0.4) is 0 Å². The van der Waals surface area contributed by atoms with Crippen LogP contribution >= 0.6 is 0 Å². The van der Waals surface area contributed by atoms with Crippen LogP contribution in [0.4, 0.5) is 0 Å². The van der Waals surface area contributed by atoms with Gasteiger partial charge >= 0.3 is 198 Å². The fourth-order valence-corrected chi connectivity index (χ4v) is 11.7. The fraction of sp³-hybridized carbons (Fsp3) is 0.115. The molecule has 0 bridgehead atoms. The van der Waals surface area contributed by atoms with Gasteiger partial charge in [-0.25, -0.2) is 0 Å². The molecule has 0 amide bonds. The number of benzene rings is 8. The van der Waals surface area contributed by atoms with Gasteiger partial charge in [-0.1, -0.05) is 118 Å². The first kappa shape index (κ1) is 34.0. The Morgan fingerprint density at radius 1 is 0.582 bits per heavy atom. The fourth-order valence-electron chi connectivity index (χ4n) is 10.8. The minimum Gasteiger partial charge on any atom is -0.0619 e. The summed E-state index contributed by atoms with van der Waals surface area (Å²) in [6, 6.07) is 64.4. The molecule has 0 N–H and O–H groups in total. The van der Waals surface area contributed by atoms with Crippen LogP contribution in [0.5, 0.6) is 11.5 Å². The van der Waals surface area contributed by atoms with E-state index in [0.29, 0.717) is 48.9 Å². The molecular formula is C61H44N4OPt-2. The van der Waals surface area contributed by atoms with Gasteiger partial charge in [0.1, 0.15) is 0 Å². The Balaban J connectivity index is 1.04. The molecule has 0 saturated carbocycles. The standard InChI is InChI=1S/C61H44N4O.Pt/c1-38-31-59(62-36-50(38)39-25-27-40(28-26-39)60(2,3)4)65-57-33-43(66-42-16-14-15-41(32-42)64-37-63(5)55-23-12-13-24-56(55)64)29-30-47(57)49-34-48-46-19-8-11-22-53(46)61(54(48)35-58(49)65)51-20-9-6-17-44(51)45-18-7-10-21-52(45)61;/h6-31,34-36H,1-5H3;/q-2;/i1D3,5D3;. The van der Waals surface area contributed by atoms with Gasteiger partial charge in [-0.2, -0.15) is 0 Å². The van der Waals surface area contributed by atoms with Gasteiger partial charge in [-0.15, -0.1) is 0 Å². The summed E-state index contributed by atoms with van der Waals surface area (Å²) >= 11 is 2.06. The molecule has 8 aromatic carbocycles. The van der Waals surface area contributed by atoms with E-state index < -0.39 is 19.2 Å². The number of nitrogens with zero attached hydrogens (tertiary/aromatic N) is 4. The minimum atomic E-state index is -2.48. The molecule has 3 heterocycles. The van der Waals surface area contributed by atoms with Gasteiger partial charge in [-0.3, -0.25) is 0 Å². The molecule has 67 heavy (non-hydrogen) atoms. The van der Waals surface area contributed by atoms with Crippen LogP contribution in [0.2, 0.25) is 0 Å². The summed E-state index contributed by atoms with van der Waals surface area (Å²) in [5, 5.41) is 1.84. The van der Waals surface area contributed by atoms with Crippen molar-refractivity contribution in [2.24, 2.45) is 6.98 Å². The van der Waals surface area contributed by atoms with Crippen LogP contribution in [-0.2, 0) is 37.2 Å². The number of imidazole rings is 1. The number of aromatic nitrogens is 4. The molecule has 1 spiro atoms. The molecule has 2 aliphatic rings. The third-order valence-electron chi connectivity index (χ3n) is 13.9. The van der Waals surface area contributed by atoms with Crippen molar-refractivity contribution in [3.8, 4) is 56.4 Å². The summed E-state index contributed by atoms with van der Waals surface area (Å²) in [7, 11) is 0. The first-order chi connectivity index (χ1) is 35.0. The maximum absolute atomic E-state index is 8.94. The molecule has 2 aliphatic carbocycles. The summed E-state index contributed by atoms with van der Waals surface area (Å²) in [4.78, 5) is 5.15. The quantitative estimate of drug-likeness (QED) is 0.161. The molecule has 0 atom stereocenters. The Morgan fingerprint density at radius 3 is 1.93 bits per heavy atom. The van der Waals surface area contributed by atoms with Crippen molar-refractivity contribution in [2.75, 3.05) is 0 Å². The first-order valence-electron chi connectivity index (χ1n) is 25.4. The second-order valence-electron chi connectivity index (χ2n) is 18.5. The van der Waals surface area contributed by atoms with E-state index in [-0.39, 0.29) is 11.0 Å². The van der Waals surface area contributed by atoms with Crippen molar-refractivity contribution in [3.05, 3.63) is 225 Å². The van der Waals surface area contributed by atoms with Crippen molar-refractivity contribution in [1.29, 1.82) is 0 Å². The number of aryl methyl sites for hydroxylation is 2. The normalized spacial score (nSPS) is 15.1. The van der Waals surface area contributed by atoms with Crippen molar-refractivity contribution >= 4 is 32.8 Å². The number of para-hydroxylation sites is 2. The van der Waals surface area contributed by atoms with Crippen LogP contribution in [-0.4, -0.2) is 18.7 Å². The number of hydrogen-bond acceptors (Lipinski definition) is 2. The molecule has 13 rings (SSSR count). The Bertz CT molecular complexity index is 4130. The topological polar surface area (TPSA) is 36.9 Å². The summed E-state index contributed by atoms with van der Waals surface area (Å²) < 4.78 is 64.2. The summed E-state index contributed by atoms with van der Waals surface area (Å²) in [5.41, 5.74) is 14.8. The van der Waals surface area contributed by atoms with Crippen LogP contribution in [0, 0.1) is 22.8 Å². The zero-order chi connectivity index (χ0) is 50.3. The van der Waals surface area contributed by atoms with Crippen molar-refractivity contribution in [3.63, 3.8) is 0 Å². The minimum absolute atomic E-state index is 0.0759. The van der Waals surface area contributed by atoms with E-state index in [9.17, 15) is 0 Å². The van der Waals surface area contributed by atoms with Gasteiger partial charge in [0.15, 0.2) is 0 Å². The summed E-state index contributed by atoms with van der Waals surface area (Å²) in [6.45, 7) is 1.58. The van der Waals surface area contributed by atoms with Crippen LogP contribution in [0.25, 0.3) is 77.7 Å². The smallest absolute Gasteiger partial charge is 0.0619 e. The van der Waals surface area contributed by atoms with E-state index in [1.165, 1.54) is 32.4 Å². The van der Waals surface area contributed by atoms with Crippen molar-refractivity contribution < 1.29 is 32.3 Å². The Kier molecular flexibility index (Phi) is 7.41. The Morgan fingerprint density at radius 2 is 1.24 bits per heavy atom. The van der Waals surface area contributed by atoms with Gasteiger partial charge in [0.2, 0.25) is 0 Å². The summed E-state index contributed by atoms with van der Waals surface area (Å²) in [6.07, 6.45) is 1.69. The molecule has 0 radical (unpaired) electrons. The van der Waals surface area contributed by atoms with E-state index in [1.54, 1.807) is 18.3 Å². The first-order valence-corrected chi connectivity index (χ1v) is 23.5. The number of ether oxygens (including phenoxy) is 1. The monoisotopic (exact) mass is 1050 g/mol. The van der Waals surface area contributed by atoms with Gasteiger partial charge in [-0.05, 0) is 73.5 Å². The summed E-state index contributed by atoms with van der Waals surface area (Å²) in [5.74, 6) is 1.22. The van der Waals surface area contributed by atoms with Crippen molar-refractivity contribution in [1.82, 2.24) is 18.7 Å². The van der Waals surface area contributed by atoms with E-state index in [0.717, 1.165) is 44.1 Å². The van der Waals surface area contributed by atoms with Gasteiger partial charge < -0.3 is 0 Å². The molecular weight excluding hydrogens is 1000 g/mol. The van der Waals surface area contributed by atoms with Crippen LogP contribution < -0.4 is 4.74 Å². The number of pyridine rings is 1. The molecule has 3 aromatic heterocycles. The van der Waals surface area contributed by atoms with E-state index in [4.69, 9.17) is 17.9 Å². The zero-order valence-electron chi connectivity index (χ0n) is 42.8. The second-order valence-corrected chi connectivity index (χ2v) is 19.6. The van der Waals surface area contributed by atoms with Gasteiger partial charge in [0.05, 0.1) is 5.41 Å². The zero-order valence-corrected chi connectivity index (χ0v) is 39.0. The van der Waals surface area contributed by atoms with E-state index in [2.05, 4.69) is 149 Å².